The fourth-order valence-electron chi connectivity index (χ4n) is 5.80. The van der Waals surface area contributed by atoms with E-state index in [-0.39, 0.29) is 23.9 Å². The summed E-state index contributed by atoms with van der Waals surface area (Å²) in [5.41, 5.74) is 1.95. The SMILES string of the molecule is O=C(c1ccc(-c2ccc(C(=O)N3CCC(O)(Cn4cnn5cccc5c4=O)CC3)c(Cl)c2)cc1)N1CCCCC1. The average molecular weight is 574 g/mol. The molecule has 6 rings (SSSR count). The molecule has 2 aromatic heterocycles. The van der Waals surface area contributed by atoms with Crippen LogP contribution in [0.15, 0.2) is 71.9 Å². The van der Waals surface area contributed by atoms with E-state index in [0.29, 0.717) is 47.6 Å². The number of hydrogen-bond acceptors (Lipinski definition) is 5. The van der Waals surface area contributed by atoms with Crippen LogP contribution in [0.2, 0.25) is 5.02 Å². The quantitative estimate of drug-likeness (QED) is 0.387. The molecule has 0 atom stereocenters. The van der Waals surface area contributed by atoms with E-state index in [1.165, 1.54) is 21.8 Å². The number of carbonyl (C=O) groups excluding carboxylic acids is 2. The number of amides is 2. The van der Waals surface area contributed by atoms with Gasteiger partial charge in [0.15, 0.2) is 0 Å². The molecule has 0 saturated carbocycles. The summed E-state index contributed by atoms with van der Waals surface area (Å²) in [6.07, 6.45) is 7.07. The van der Waals surface area contributed by atoms with Gasteiger partial charge in [0.25, 0.3) is 17.4 Å². The number of aromatic nitrogens is 3. The van der Waals surface area contributed by atoms with Crippen LogP contribution in [0.25, 0.3) is 16.6 Å². The Morgan fingerprint density at radius 3 is 2.27 bits per heavy atom. The third-order valence-corrected chi connectivity index (χ3v) is 8.59. The van der Waals surface area contributed by atoms with Crippen LogP contribution in [0.1, 0.15) is 52.8 Å². The minimum absolute atomic E-state index is 0.0643. The lowest BCUT2D eigenvalue weighted by Crippen LogP contribution is -2.49. The van der Waals surface area contributed by atoms with Gasteiger partial charge >= 0.3 is 0 Å². The molecule has 0 radical (unpaired) electrons. The normalized spacial score (nSPS) is 17.1. The van der Waals surface area contributed by atoms with Crippen molar-refractivity contribution in [1.82, 2.24) is 24.0 Å². The van der Waals surface area contributed by atoms with Gasteiger partial charge in [-0.2, -0.15) is 5.10 Å². The summed E-state index contributed by atoms with van der Waals surface area (Å²) in [4.78, 5) is 42.5. The number of likely N-dealkylation sites (tertiary alicyclic amines) is 2. The second-order valence-electron chi connectivity index (χ2n) is 11.0. The van der Waals surface area contributed by atoms with E-state index in [0.717, 1.165) is 37.1 Å². The van der Waals surface area contributed by atoms with Crippen molar-refractivity contribution in [3.8, 4) is 11.1 Å². The Labute approximate surface area is 242 Å². The molecule has 2 aliphatic heterocycles. The van der Waals surface area contributed by atoms with Gasteiger partial charge in [-0.15, -0.1) is 0 Å². The van der Waals surface area contributed by atoms with Crippen molar-refractivity contribution in [3.05, 3.63) is 93.6 Å². The van der Waals surface area contributed by atoms with Crippen molar-refractivity contribution in [2.75, 3.05) is 26.2 Å². The summed E-state index contributed by atoms with van der Waals surface area (Å²) in [7, 11) is 0. The highest BCUT2D eigenvalue weighted by Crippen LogP contribution is 2.30. The van der Waals surface area contributed by atoms with Gasteiger partial charge in [0.1, 0.15) is 11.8 Å². The van der Waals surface area contributed by atoms with Gasteiger partial charge in [0, 0.05) is 37.9 Å². The summed E-state index contributed by atoms with van der Waals surface area (Å²) < 4.78 is 2.93. The molecule has 2 fully saturated rings. The summed E-state index contributed by atoms with van der Waals surface area (Å²) in [6.45, 7) is 2.42. The van der Waals surface area contributed by atoms with Crippen LogP contribution < -0.4 is 5.56 Å². The Bertz CT molecular complexity index is 1650. The van der Waals surface area contributed by atoms with Crippen molar-refractivity contribution in [2.24, 2.45) is 0 Å². The molecule has 2 amide bonds. The fraction of sp³-hybridized carbons (Fsp3) is 0.355. The fourth-order valence-corrected chi connectivity index (χ4v) is 6.06. The van der Waals surface area contributed by atoms with Crippen molar-refractivity contribution in [2.45, 2.75) is 44.2 Å². The number of halogens is 1. The summed E-state index contributed by atoms with van der Waals surface area (Å²) in [6, 6.07) is 16.3. The van der Waals surface area contributed by atoms with Gasteiger partial charge < -0.3 is 14.9 Å². The van der Waals surface area contributed by atoms with Crippen LogP contribution in [-0.4, -0.2) is 72.7 Å². The molecular weight excluding hydrogens is 542 g/mol. The third-order valence-electron chi connectivity index (χ3n) is 8.28. The Kier molecular flexibility index (Phi) is 7.40. The lowest BCUT2D eigenvalue weighted by Gasteiger charge is -2.38. The molecule has 4 aromatic rings. The highest BCUT2D eigenvalue weighted by atomic mass is 35.5. The zero-order valence-corrected chi connectivity index (χ0v) is 23.5. The lowest BCUT2D eigenvalue weighted by molar-refractivity contribution is -0.0300. The predicted molar refractivity (Wildman–Crippen MR) is 156 cm³/mol. The summed E-state index contributed by atoms with van der Waals surface area (Å²) in [5.74, 6) is -0.131. The molecule has 212 valence electrons. The number of carbonyl (C=O) groups is 2. The molecule has 2 aliphatic rings. The zero-order chi connectivity index (χ0) is 28.6. The number of benzene rings is 2. The van der Waals surface area contributed by atoms with Crippen molar-refractivity contribution < 1.29 is 14.7 Å². The molecule has 10 heteroatoms. The second kappa shape index (κ2) is 11.1. The van der Waals surface area contributed by atoms with E-state index < -0.39 is 5.60 Å². The lowest BCUT2D eigenvalue weighted by atomic mass is 9.90. The van der Waals surface area contributed by atoms with Crippen molar-refractivity contribution in [3.63, 3.8) is 0 Å². The smallest absolute Gasteiger partial charge is 0.277 e. The first-order chi connectivity index (χ1) is 19.8. The van der Waals surface area contributed by atoms with E-state index in [4.69, 9.17) is 11.6 Å². The molecule has 2 aromatic carbocycles. The average Bonchev–Trinajstić information content (AvgIpc) is 3.49. The maximum atomic E-state index is 13.3. The molecule has 0 spiro atoms. The molecule has 0 aliphatic carbocycles. The minimum atomic E-state index is -1.12. The first-order valence-electron chi connectivity index (χ1n) is 14.1. The maximum absolute atomic E-state index is 13.3. The highest BCUT2D eigenvalue weighted by molar-refractivity contribution is 6.34. The molecule has 0 bridgehead atoms. The Morgan fingerprint density at radius 1 is 0.878 bits per heavy atom. The monoisotopic (exact) mass is 573 g/mol. The van der Waals surface area contributed by atoms with Crippen molar-refractivity contribution in [1.29, 1.82) is 0 Å². The van der Waals surface area contributed by atoms with Crippen molar-refractivity contribution >= 4 is 28.9 Å². The number of aliphatic hydroxyl groups is 1. The maximum Gasteiger partial charge on any atom is 0.277 e. The summed E-state index contributed by atoms with van der Waals surface area (Å²) in [5, 5.41) is 15.8. The molecule has 41 heavy (non-hydrogen) atoms. The van der Waals surface area contributed by atoms with Gasteiger partial charge in [-0.05, 0) is 79.6 Å². The van der Waals surface area contributed by atoms with Crippen LogP contribution >= 0.6 is 11.6 Å². The molecule has 4 heterocycles. The molecule has 2 saturated heterocycles. The first kappa shape index (κ1) is 27.2. The van der Waals surface area contributed by atoms with E-state index in [1.807, 2.05) is 35.2 Å². The summed E-state index contributed by atoms with van der Waals surface area (Å²) >= 11 is 6.59. The van der Waals surface area contributed by atoms with Gasteiger partial charge in [-0.1, -0.05) is 29.8 Å². The second-order valence-corrected chi connectivity index (χ2v) is 11.5. The van der Waals surface area contributed by atoms with Gasteiger partial charge in [0.05, 0.1) is 22.7 Å². The van der Waals surface area contributed by atoms with Crippen LogP contribution in [0.3, 0.4) is 0 Å². The van der Waals surface area contributed by atoms with E-state index in [2.05, 4.69) is 5.10 Å². The minimum Gasteiger partial charge on any atom is -0.388 e. The number of rotatable bonds is 5. The van der Waals surface area contributed by atoms with E-state index in [9.17, 15) is 19.5 Å². The van der Waals surface area contributed by atoms with Gasteiger partial charge in [0.2, 0.25) is 0 Å². The predicted octanol–water partition coefficient (Wildman–Crippen LogP) is 4.11. The molecule has 0 unspecified atom stereocenters. The topological polar surface area (TPSA) is 100 Å². The molecular formula is C31H32ClN5O4. The number of nitrogens with zero attached hydrogens (tertiary/aromatic N) is 5. The largest absolute Gasteiger partial charge is 0.388 e. The first-order valence-corrected chi connectivity index (χ1v) is 14.4. The number of piperidine rings is 2. The Morgan fingerprint density at radius 2 is 1.56 bits per heavy atom. The third kappa shape index (κ3) is 5.52. The van der Waals surface area contributed by atoms with Crippen LogP contribution in [0, 0.1) is 0 Å². The Hall–Kier alpha value is -3.95. The molecule has 1 N–H and O–H groups in total. The number of fused-ring (bicyclic) bond motifs is 1. The standard InChI is InChI=1S/C31H32ClN5O4/c32-26-19-24(22-6-8-23(9-7-22)28(38)34-14-2-1-3-15-34)10-11-25(26)29(39)35-17-12-31(41,13-18-35)20-36-21-33-37-16-4-5-27(37)30(36)40/h4-11,16,19,21,41H,1-3,12-15,17-18,20H2. The van der Waals surface area contributed by atoms with Gasteiger partial charge in [-0.3, -0.25) is 19.0 Å². The van der Waals surface area contributed by atoms with Crippen LogP contribution in [0.4, 0.5) is 0 Å². The van der Waals surface area contributed by atoms with E-state index in [1.54, 1.807) is 35.4 Å². The molecule has 9 nitrogen and oxygen atoms in total. The highest BCUT2D eigenvalue weighted by Gasteiger charge is 2.35. The van der Waals surface area contributed by atoms with Crippen LogP contribution in [-0.2, 0) is 6.54 Å². The number of hydrogen-bond donors (Lipinski definition) is 1. The Balaban J connectivity index is 1.10. The zero-order valence-electron chi connectivity index (χ0n) is 22.7. The van der Waals surface area contributed by atoms with Gasteiger partial charge in [-0.25, -0.2) is 4.52 Å². The van der Waals surface area contributed by atoms with Crippen LogP contribution in [0.5, 0.6) is 0 Å². The van der Waals surface area contributed by atoms with E-state index >= 15 is 0 Å².